The molecule has 0 saturated carbocycles. The van der Waals surface area contributed by atoms with E-state index in [2.05, 4.69) is 5.32 Å². The number of carboxylic acid groups (broad SMARTS) is 1. The Labute approximate surface area is 121 Å². The number of carbonyl (C=O) groups excluding carboxylic acids is 1. The predicted molar refractivity (Wildman–Crippen MR) is 75.9 cm³/mol. The molecule has 7 heteroatoms. The van der Waals surface area contributed by atoms with Crippen LogP contribution in [0.3, 0.4) is 0 Å². The number of benzene rings is 1. The average molecular weight is 301 g/mol. The van der Waals surface area contributed by atoms with Gasteiger partial charge in [0.15, 0.2) is 0 Å². The minimum atomic E-state index is -1.27. The van der Waals surface area contributed by atoms with Gasteiger partial charge in [-0.1, -0.05) is 17.7 Å². The third-order valence-corrected chi connectivity index (χ3v) is 2.49. The summed E-state index contributed by atoms with van der Waals surface area (Å²) < 4.78 is 5.10. The summed E-state index contributed by atoms with van der Waals surface area (Å²) in [6.45, 7) is 5.15. The highest BCUT2D eigenvalue weighted by Gasteiger charge is 2.21. The maximum absolute atomic E-state index is 11.7. The van der Waals surface area contributed by atoms with Gasteiger partial charge < -0.3 is 15.6 Å². The van der Waals surface area contributed by atoms with Gasteiger partial charge in [0.25, 0.3) is 0 Å². The largest absolute Gasteiger partial charge is 0.480 e. The van der Waals surface area contributed by atoms with Crippen LogP contribution in [0.4, 0.5) is 10.5 Å². The molecule has 0 aliphatic heterocycles. The maximum atomic E-state index is 11.7. The molecule has 110 valence electrons. The van der Waals surface area contributed by atoms with Crippen LogP contribution in [-0.2, 0) is 9.53 Å². The smallest absolute Gasteiger partial charge is 0.412 e. The summed E-state index contributed by atoms with van der Waals surface area (Å²) in [7, 11) is 0. The normalized spacial score (nSPS) is 12.7. The van der Waals surface area contributed by atoms with Crippen molar-refractivity contribution in [2.45, 2.75) is 32.4 Å². The molecule has 1 atom stereocenters. The first-order chi connectivity index (χ1) is 9.10. The zero-order chi connectivity index (χ0) is 15.5. The lowest BCUT2D eigenvalue weighted by molar-refractivity contribution is -0.138. The summed E-state index contributed by atoms with van der Waals surface area (Å²) in [4.78, 5) is 22.7. The number of carbonyl (C=O) groups is 2. The van der Waals surface area contributed by atoms with E-state index in [0.717, 1.165) is 0 Å². The number of anilines is 1. The lowest BCUT2D eigenvalue weighted by Gasteiger charge is -2.21. The van der Waals surface area contributed by atoms with Crippen LogP contribution < -0.4 is 11.1 Å². The highest BCUT2D eigenvalue weighted by molar-refractivity contribution is 6.31. The Balaban J connectivity index is 3.01. The topological polar surface area (TPSA) is 102 Å². The second-order valence-corrected chi connectivity index (χ2v) is 5.61. The van der Waals surface area contributed by atoms with Crippen LogP contribution in [0.1, 0.15) is 32.4 Å². The molecule has 4 N–H and O–H groups in total. The van der Waals surface area contributed by atoms with E-state index in [1.54, 1.807) is 20.8 Å². The monoisotopic (exact) mass is 300 g/mol. The molecule has 0 saturated heterocycles. The van der Waals surface area contributed by atoms with Crippen molar-refractivity contribution < 1.29 is 19.4 Å². The molecule has 6 nitrogen and oxygen atoms in total. The van der Waals surface area contributed by atoms with Gasteiger partial charge in [0.1, 0.15) is 11.6 Å². The zero-order valence-corrected chi connectivity index (χ0v) is 12.2. The second kappa shape index (κ2) is 6.11. The van der Waals surface area contributed by atoms with E-state index < -0.39 is 23.7 Å². The van der Waals surface area contributed by atoms with Crippen molar-refractivity contribution in [2.24, 2.45) is 5.73 Å². The SMILES string of the molecule is CC(C)(C)OC(=O)Nc1cc(Cl)ccc1C(N)C(=O)O. The maximum Gasteiger partial charge on any atom is 0.412 e. The van der Waals surface area contributed by atoms with Gasteiger partial charge in [0.05, 0.1) is 5.69 Å². The van der Waals surface area contributed by atoms with E-state index in [-0.39, 0.29) is 11.3 Å². The van der Waals surface area contributed by atoms with Crippen LogP contribution >= 0.6 is 11.6 Å². The Kier molecular flexibility index (Phi) is 4.97. The molecule has 1 amide bonds. The number of hydrogen-bond acceptors (Lipinski definition) is 4. The molecule has 0 spiro atoms. The highest BCUT2D eigenvalue weighted by atomic mass is 35.5. The first-order valence-electron chi connectivity index (χ1n) is 5.88. The van der Waals surface area contributed by atoms with Crippen LogP contribution in [0.2, 0.25) is 5.02 Å². The number of aliphatic carboxylic acids is 1. The fourth-order valence-electron chi connectivity index (χ4n) is 1.45. The van der Waals surface area contributed by atoms with Gasteiger partial charge in [-0.15, -0.1) is 0 Å². The van der Waals surface area contributed by atoms with Gasteiger partial charge in [-0.2, -0.15) is 0 Å². The standard InChI is InChI=1S/C13H17ClN2O4/c1-13(2,3)20-12(19)16-9-6-7(14)4-5-8(9)10(15)11(17)18/h4-6,10H,15H2,1-3H3,(H,16,19)(H,17,18). The van der Waals surface area contributed by atoms with E-state index in [1.165, 1.54) is 18.2 Å². The first-order valence-corrected chi connectivity index (χ1v) is 6.26. The molecular formula is C13H17ClN2O4. The first kappa shape index (κ1) is 16.3. The van der Waals surface area contributed by atoms with Crippen LogP contribution in [0.25, 0.3) is 0 Å². The van der Waals surface area contributed by atoms with E-state index in [1.807, 2.05) is 0 Å². The highest BCUT2D eigenvalue weighted by Crippen LogP contribution is 2.26. The van der Waals surface area contributed by atoms with Crippen molar-refractivity contribution >= 4 is 29.4 Å². The molecule has 0 radical (unpaired) electrons. The van der Waals surface area contributed by atoms with Gasteiger partial charge in [0, 0.05) is 10.6 Å². The summed E-state index contributed by atoms with van der Waals surface area (Å²) in [5.41, 5.74) is 5.34. The molecule has 0 fully saturated rings. The lowest BCUT2D eigenvalue weighted by Crippen LogP contribution is -2.28. The zero-order valence-electron chi connectivity index (χ0n) is 11.4. The predicted octanol–water partition coefficient (Wildman–Crippen LogP) is 2.77. The number of hydrogen-bond donors (Lipinski definition) is 3. The fraction of sp³-hybridized carbons (Fsp3) is 0.385. The second-order valence-electron chi connectivity index (χ2n) is 5.17. The van der Waals surface area contributed by atoms with Crippen LogP contribution in [0.15, 0.2) is 18.2 Å². The van der Waals surface area contributed by atoms with Gasteiger partial charge in [-0.3, -0.25) is 10.1 Å². The van der Waals surface area contributed by atoms with Gasteiger partial charge in [-0.05, 0) is 32.9 Å². The molecule has 1 aromatic carbocycles. The van der Waals surface area contributed by atoms with Crippen molar-refractivity contribution in [2.75, 3.05) is 5.32 Å². The number of halogens is 1. The van der Waals surface area contributed by atoms with E-state index in [4.69, 9.17) is 27.2 Å². The third-order valence-electron chi connectivity index (χ3n) is 2.25. The van der Waals surface area contributed by atoms with Crippen molar-refractivity contribution in [3.63, 3.8) is 0 Å². The Morgan fingerprint density at radius 2 is 2.00 bits per heavy atom. The lowest BCUT2D eigenvalue weighted by atomic mass is 10.1. The summed E-state index contributed by atoms with van der Waals surface area (Å²) in [6, 6.07) is 3.11. The van der Waals surface area contributed by atoms with Crippen LogP contribution in [0, 0.1) is 0 Å². The molecule has 0 aliphatic carbocycles. The summed E-state index contributed by atoms with van der Waals surface area (Å²) in [5.74, 6) is -1.21. The molecule has 1 unspecified atom stereocenters. The number of amides is 1. The number of nitrogens with two attached hydrogens (primary N) is 1. The van der Waals surface area contributed by atoms with E-state index in [0.29, 0.717) is 5.02 Å². The number of carboxylic acids is 1. The number of nitrogens with one attached hydrogen (secondary N) is 1. The van der Waals surface area contributed by atoms with Gasteiger partial charge >= 0.3 is 12.1 Å². The molecule has 1 rings (SSSR count). The quantitative estimate of drug-likeness (QED) is 0.796. The molecule has 0 aromatic heterocycles. The molecular weight excluding hydrogens is 284 g/mol. The summed E-state index contributed by atoms with van der Waals surface area (Å²) in [6.07, 6.45) is -0.710. The Morgan fingerprint density at radius 1 is 1.40 bits per heavy atom. The van der Waals surface area contributed by atoms with Crippen LogP contribution in [-0.4, -0.2) is 22.8 Å². The number of rotatable bonds is 3. The minimum Gasteiger partial charge on any atom is -0.480 e. The van der Waals surface area contributed by atoms with E-state index in [9.17, 15) is 9.59 Å². The van der Waals surface area contributed by atoms with Crippen molar-refractivity contribution in [1.29, 1.82) is 0 Å². The average Bonchev–Trinajstić information content (AvgIpc) is 2.25. The molecule has 0 bridgehead atoms. The van der Waals surface area contributed by atoms with Crippen molar-refractivity contribution in [3.05, 3.63) is 28.8 Å². The minimum absolute atomic E-state index is 0.210. The van der Waals surface area contributed by atoms with E-state index >= 15 is 0 Å². The van der Waals surface area contributed by atoms with Crippen molar-refractivity contribution in [3.8, 4) is 0 Å². The number of ether oxygens (including phenoxy) is 1. The Bertz CT molecular complexity index is 526. The summed E-state index contributed by atoms with van der Waals surface area (Å²) >= 11 is 5.84. The molecule has 0 aliphatic rings. The molecule has 1 aromatic rings. The van der Waals surface area contributed by atoms with Crippen LogP contribution in [0.5, 0.6) is 0 Å². The Morgan fingerprint density at radius 3 is 2.50 bits per heavy atom. The molecule has 0 heterocycles. The van der Waals surface area contributed by atoms with Gasteiger partial charge in [-0.25, -0.2) is 4.79 Å². The Hall–Kier alpha value is -1.79. The summed E-state index contributed by atoms with van der Waals surface area (Å²) in [5, 5.41) is 11.7. The van der Waals surface area contributed by atoms with Crippen molar-refractivity contribution in [1.82, 2.24) is 0 Å². The van der Waals surface area contributed by atoms with Gasteiger partial charge in [0.2, 0.25) is 0 Å². The third kappa shape index (κ3) is 4.71. The molecule has 20 heavy (non-hydrogen) atoms. The fourth-order valence-corrected chi connectivity index (χ4v) is 1.63.